The van der Waals surface area contributed by atoms with Crippen LogP contribution in [-0.2, 0) is 11.2 Å². The summed E-state index contributed by atoms with van der Waals surface area (Å²) in [6, 6.07) is 18.4. The van der Waals surface area contributed by atoms with E-state index in [-0.39, 0.29) is 18.2 Å². The minimum atomic E-state index is -0.243. The van der Waals surface area contributed by atoms with E-state index in [4.69, 9.17) is 4.42 Å². The van der Waals surface area contributed by atoms with Crippen molar-refractivity contribution in [2.45, 2.75) is 45.4 Å². The molecule has 1 heterocycles. The lowest BCUT2D eigenvalue weighted by molar-refractivity contribution is -0.121. The Morgan fingerprint density at radius 3 is 2.32 bits per heavy atom. The van der Waals surface area contributed by atoms with Crippen LogP contribution < -0.4 is 5.32 Å². The maximum atomic E-state index is 12.5. The molecule has 1 atom stereocenters. The number of nitrogens with zero attached hydrogens (tertiary/aromatic N) is 2. The fourth-order valence-electron chi connectivity index (χ4n) is 3.16. The number of carbonyl (C=O) groups excluding carboxylic acids is 1. The van der Waals surface area contributed by atoms with Crippen LogP contribution in [0, 0.1) is 6.92 Å². The maximum absolute atomic E-state index is 12.5. The lowest BCUT2D eigenvalue weighted by Crippen LogP contribution is -2.27. The molecule has 0 bridgehead atoms. The summed E-state index contributed by atoms with van der Waals surface area (Å²) in [6.07, 6.45) is 1.08. The molecule has 5 heteroatoms. The highest BCUT2D eigenvalue weighted by atomic mass is 16.4. The van der Waals surface area contributed by atoms with Crippen LogP contribution in [0.2, 0.25) is 0 Å². The molecule has 0 spiro atoms. The maximum Gasteiger partial charge on any atom is 0.224 e. The van der Waals surface area contributed by atoms with Crippen molar-refractivity contribution < 1.29 is 9.21 Å². The van der Waals surface area contributed by atoms with Crippen LogP contribution in [0.3, 0.4) is 0 Å². The number of hydrogen-bond donors (Lipinski definition) is 1. The molecule has 0 aliphatic heterocycles. The number of aryl methyl sites for hydroxylation is 1. The first-order chi connectivity index (χ1) is 13.5. The van der Waals surface area contributed by atoms with Gasteiger partial charge in [-0.05, 0) is 29.0 Å². The van der Waals surface area contributed by atoms with Crippen LogP contribution in [0.5, 0.6) is 0 Å². The molecule has 0 radical (unpaired) electrons. The molecule has 0 fully saturated rings. The molecule has 0 saturated carbocycles. The monoisotopic (exact) mass is 377 g/mol. The van der Waals surface area contributed by atoms with Gasteiger partial charge in [0.2, 0.25) is 17.7 Å². The highest BCUT2D eigenvalue weighted by Crippen LogP contribution is 2.26. The Labute approximate surface area is 166 Å². The van der Waals surface area contributed by atoms with E-state index in [9.17, 15) is 4.79 Å². The van der Waals surface area contributed by atoms with Gasteiger partial charge in [-0.25, -0.2) is 0 Å². The van der Waals surface area contributed by atoms with Gasteiger partial charge in [-0.3, -0.25) is 4.79 Å². The first-order valence-electron chi connectivity index (χ1n) is 9.73. The third-order valence-electron chi connectivity index (χ3n) is 4.81. The number of aromatic nitrogens is 2. The molecule has 1 aromatic heterocycles. The van der Waals surface area contributed by atoms with Crippen molar-refractivity contribution in [3.05, 3.63) is 83.1 Å². The lowest BCUT2D eigenvalue weighted by Gasteiger charge is -2.14. The second-order valence-corrected chi connectivity index (χ2v) is 7.32. The van der Waals surface area contributed by atoms with Crippen LogP contribution in [0.1, 0.15) is 60.6 Å². The first-order valence-corrected chi connectivity index (χ1v) is 9.73. The highest BCUT2D eigenvalue weighted by Gasteiger charge is 2.23. The number of amides is 1. The van der Waals surface area contributed by atoms with Gasteiger partial charge in [0.25, 0.3) is 0 Å². The molecule has 2 aromatic carbocycles. The Kier molecular flexibility index (Phi) is 6.58. The molecular formula is C23H27N3O2. The van der Waals surface area contributed by atoms with Crippen LogP contribution in [-0.4, -0.2) is 22.6 Å². The molecule has 0 aliphatic carbocycles. The van der Waals surface area contributed by atoms with E-state index >= 15 is 0 Å². The van der Waals surface area contributed by atoms with Crippen molar-refractivity contribution >= 4 is 5.91 Å². The summed E-state index contributed by atoms with van der Waals surface area (Å²) < 4.78 is 5.60. The SMILES string of the molecule is Cc1nnc(C(CC(=O)NCCc2ccc(C(C)C)cc2)c2ccccc2)o1. The van der Waals surface area contributed by atoms with Gasteiger partial charge in [-0.2, -0.15) is 0 Å². The topological polar surface area (TPSA) is 68.0 Å². The average Bonchev–Trinajstić information content (AvgIpc) is 3.13. The Morgan fingerprint density at radius 2 is 1.71 bits per heavy atom. The molecule has 1 N–H and O–H groups in total. The largest absolute Gasteiger partial charge is 0.425 e. The molecule has 3 rings (SSSR count). The van der Waals surface area contributed by atoms with E-state index < -0.39 is 0 Å². The van der Waals surface area contributed by atoms with E-state index in [2.05, 4.69) is 53.6 Å². The molecule has 5 nitrogen and oxygen atoms in total. The summed E-state index contributed by atoms with van der Waals surface area (Å²) in [5, 5.41) is 11.1. The van der Waals surface area contributed by atoms with E-state index in [1.54, 1.807) is 6.92 Å². The van der Waals surface area contributed by atoms with E-state index in [0.717, 1.165) is 12.0 Å². The van der Waals surface area contributed by atoms with Crippen LogP contribution in [0.25, 0.3) is 0 Å². The van der Waals surface area contributed by atoms with Crippen LogP contribution >= 0.6 is 0 Å². The van der Waals surface area contributed by atoms with Gasteiger partial charge >= 0.3 is 0 Å². The summed E-state index contributed by atoms with van der Waals surface area (Å²) in [6.45, 7) is 6.72. The number of rotatable bonds is 8. The number of benzene rings is 2. The minimum Gasteiger partial charge on any atom is -0.425 e. The standard InChI is InChI=1S/C23H27N3O2/c1-16(2)19-11-9-18(10-12-19)13-14-24-22(27)15-21(20-7-5-4-6-8-20)23-26-25-17(3)28-23/h4-12,16,21H,13-15H2,1-3H3,(H,24,27). The average molecular weight is 377 g/mol. The summed E-state index contributed by atoms with van der Waals surface area (Å²) in [5.41, 5.74) is 3.54. The normalized spacial score (nSPS) is 12.1. The van der Waals surface area contributed by atoms with Crippen molar-refractivity contribution in [1.82, 2.24) is 15.5 Å². The summed E-state index contributed by atoms with van der Waals surface area (Å²) in [7, 11) is 0. The Balaban J connectivity index is 1.58. The van der Waals surface area contributed by atoms with Crippen molar-refractivity contribution in [1.29, 1.82) is 0 Å². The Hall–Kier alpha value is -2.95. The van der Waals surface area contributed by atoms with E-state index in [0.29, 0.717) is 24.2 Å². The quantitative estimate of drug-likeness (QED) is 0.632. The molecule has 1 amide bonds. The van der Waals surface area contributed by atoms with Crippen molar-refractivity contribution in [3.63, 3.8) is 0 Å². The predicted octanol–water partition coefficient (Wildman–Crippen LogP) is 4.38. The molecule has 0 aliphatic rings. The number of nitrogens with one attached hydrogen (secondary N) is 1. The predicted molar refractivity (Wildman–Crippen MR) is 109 cm³/mol. The van der Waals surface area contributed by atoms with Gasteiger partial charge in [0.05, 0.1) is 5.92 Å². The second-order valence-electron chi connectivity index (χ2n) is 7.32. The second kappa shape index (κ2) is 9.31. The zero-order valence-electron chi connectivity index (χ0n) is 16.7. The summed E-state index contributed by atoms with van der Waals surface area (Å²) >= 11 is 0. The van der Waals surface area contributed by atoms with Crippen molar-refractivity contribution in [3.8, 4) is 0 Å². The summed E-state index contributed by atoms with van der Waals surface area (Å²) in [5.74, 6) is 1.23. The first kappa shape index (κ1) is 19.8. The van der Waals surface area contributed by atoms with Gasteiger partial charge in [-0.15, -0.1) is 10.2 Å². The number of hydrogen-bond acceptors (Lipinski definition) is 4. The Bertz CT molecular complexity index is 886. The highest BCUT2D eigenvalue weighted by molar-refractivity contribution is 5.77. The molecule has 3 aromatic rings. The van der Waals surface area contributed by atoms with Gasteiger partial charge in [0, 0.05) is 19.9 Å². The van der Waals surface area contributed by atoms with Gasteiger partial charge < -0.3 is 9.73 Å². The number of carbonyl (C=O) groups is 1. The van der Waals surface area contributed by atoms with Gasteiger partial charge in [0.1, 0.15) is 0 Å². The van der Waals surface area contributed by atoms with Crippen LogP contribution in [0.15, 0.2) is 59.0 Å². The van der Waals surface area contributed by atoms with Crippen molar-refractivity contribution in [2.24, 2.45) is 0 Å². The zero-order chi connectivity index (χ0) is 19.9. The zero-order valence-corrected chi connectivity index (χ0v) is 16.7. The smallest absolute Gasteiger partial charge is 0.224 e. The minimum absolute atomic E-state index is 0.0245. The van der Waals surface area contributed by atoms with Crippen molar-refractivity contribution in [2.75, 3.05) is 6.54 Å². The third-order valence-corrected chi connectivity index (χ3v) is 4.81. The van der Waals surface area contributed by atoms with E-state index in [1.165, 1.54) is 11.1 Å². The Morgan fingerprint density at radius 1 is 1.00 bits per heavy atom. The summed E-state index contributed by atoms with van der Waals surface area (Å²) in [4.78, 5) is 12.5. The van der Waals surface area contributed by atoms with Crippen LogP contribution in [0.4, 0.5) is 0 Å². The fourth-order valence-corrected chi connectivity index (χ4v) is 3.16. The third kappa shape index (κ3) is 5.28. The van der Waals surface area contributed by atoms with Gasteiger partial charge in [0.15, 0.2) is 0 Å². The van der Waals surface area contributed by atoms with Gasteiger partial charge in [-0.1, -0.05) is 68.4 Å². The lowest BCUT2D eigenvalue weighted by atomic mass is 9.95. The molecule has 28 heavy (non-hydrogen) atoms. The van der Waals surface area contributed by atoms with E-state index in [1.807, 2.05) is 30.3 Å². The molecule has 146 valence electrons. The fraction of sp³-hybridized carbons (Fsp3) is 0.348. The molecule has 1 unspecified atom stereocenters. The molecular weight excluding hydrogens is 350 g/mol. The molecule has 0 saturated heterocycles.